The number of hydrogen-bond donors (Lipinski definition) is 1. The molecule has 0 fully saturated rings. The van der Waals surface area contributed by atoms with Crippen molar-refractivity contribution in [2.24, 2.45) is 0 Å². The van der Waals surface area contributed by atoms with Crippen LogP contribution in [-0.4, -0.2) is 25.0 Å². The zero-order valence-corrected chi connectivity index (χ0v) is 15.5. The molecule has 1 N–H and O–H groups in total. The predicted octanol–water partition coefficient (Wildman–Crippen LogP) is 3.76. The molecule has 0 radical (unpaired) electrons. The molecule has 0 bridgehead atoms. The monoisotopic (exact) mass is 325 g/mol. The third-order valence-corrected chi connectivity index (χ3v) is 4.98. The highest BCUT2D eigenvalue weighted by atomic mass is 16.1. The van der Waals surface area contributed by atoms with Crippen molar-refractivity contribution >= 4 is 17.7 Å². The summed E-state index contributed by atoms with van der Waals surface area (Å²) in [7, 11) is 1.54. The normalized spacial score (nSPS) is 19.5. The van der Waals surface area contributed by atoms with Gasteiger partial charge in [-0.2, -0.15) is 5.26 Å². The lowest BCUT2D eigenvalue weighted by molar-refractivity contribution is -0.116. The number of nitriles is 1. The lowest BCUT2D eigenvalue weighted by Crippen LogP contribution is -2.48. The minimum absolute atomic E-state index is 0.130. The van der Waals surface area contributed by atoms with Gasteiger partial charge in [0.05, 0.1) is 0 Å². The Balaban J connectivity index is 2.59. The van der Waals surface area contributed by atoms with Gasteiger partial charge in [0, 0.05) is 24.8 Å². The van der Waals surface area contributed by atoms with E-state index in [0.29, 0.717) is 5.92 Å². The number of likely N-dealkylation sites (N-methyl/N-ethyl adjacent to an activating group) is 1. The van der Waals surface area contributed by atoms with Crippen molar-refractivity contribution in [1.29, 1.82) is 5.26 Å². The number of aryl methyl sites for hydroxylation is 1. The molecule has 4 heteroatoms. The smallest absolute Gasteiger partial charge is 0.261 e. The number of carbonyl (C=O) groups is 1. The number of anilines is 1. The zero-order valence-electron chi connectivity index (χ0n) is 15.5. The average Bonchev–Trinajstić information content (AvgIpc) is 2.52. The maximum atomic E-state index is 11.8. The number of nitrogens with one attached hydrogen (secondary N) is 1. The lowest BCUT2D eigenvalue weighted by atomic mass is 9.79. The lowest BCUT2D eigenvalue weighted by Gasteiger charge is -2.47. The van der Waals surface area contributed by atoms with Crippen LogP contribution in [-0.2, 0) is 4.79 Å². The molecule has 4 nitrogen and oxygen atoms in total. The highest BCUT2D eigenvalue weighted by Gasteiger charge is 2.35. The molecular formula is C20H27N3O. The summed E-state index contributed by atoms with van der Waals surface area (Å²) in [6.45, 7) is 12.0. The SMILES string of the molecule is CCN1c2cc(C)c(/C=C(/C#N)C(=O)NC)cc2[C@H](C)CC1(C)C. The fraction of sp³-hybridized carbons (Fsp3) is 0.500. The second-order valence-corrected chi connectivity index (χ2v) is 7.18. The molecule has 1 aliphatic heterocycles. The average molecular weight is 325 g/mol. The number of rotatable bonds is 3. The van der Waals surface area contributed by atoms with Crippen LogP contribution in [0.3, 0.4) is 0 Å². The van der Waals surface area contributed by atoms with E-state index in [1.807, 2.05) is 13.0 Å². The van der Waals surface area contributed by atoms with Gasteiger partial charge in [-0.3, -0.25) is 4.79 Å². The van der Waals surface area contributed by atoms with Gasteiger partial charge in [-0.1, -0.05) is 6.92 Å². The van der Waals surface area contributed by atoms with E-state index in [1.165, 1.54) is 18.3 Å². The van der Waals surface area contributed by atoms with E-state index in [4.69, 9.17) is 0 Å². The van der Waals surface area contributed by atoms with E-state index in [2.05, 4.69) is 50.0 Å². The molecule has 1 aromatic carbocycles. The van der Waals surface area contributed by atoms with Crippen LogP contribution in [0.5, 0.6) is 0 Å². The van der Waals surface area contributed by atoms with Gasteiger partial charge >= 0.3 is 0 Å². The molecule has 1 amide bonds. The minimum atomic E-state index is -0.348. The number of carbonyl (C=O) groups excluding carboxylic acids is 1. The number of hydrogen-bond acceptors (Lipinski definition) is 3. The second kappa shape index (κ2) is 6.68. The van der Waals surface area contributed by atoms with Gasteiger partial charge in [0.2, 0.25) is 0 Å². The summed E-state index contributed by atoms with van der Waals surface area (Å²) >= 11 is 0. The molecule has 2 rings (SSSR count). The number of benzene rings is 1. The largest absolute Gasteiger partial charge is 0.366 e. The van der Waals surface area contributed by atoms with Crippen LogP contribution in [0.15, 0.2) is 17.7 Å². The Morgan fingerprint density at radius 3 is 2.71 bits per heavy atom. The van der Waals surface area contributed by atoms with Crippen LogP contribution in [0.25, 0.3) is 6.08 Å². The molecule has 0 unspecified atom stereocenters. The Morgan fingerprint density at radius 2 is 2.17 bits per heavy atom. The topological polar surface area (TPSA) is 56.1 Å². The molecule has 0 saturated heterocycles. The first-order chi connectivity index (χ1) is 11.2. The Kier molecular flexibility index (Phi) is 5.03. The highest BCUT2D eigenvalue weighted by molar-refractivity contribution is 6.01. The quantitative estimate of drug-likeness (QED) is 0.680. The van der Waals surface area contributed by atoms with E-state index < -0.39 is 0 Å². The van der Waals surface area contributed by atoms with Crippen molar-refractivity contribution in [1.82, 2.24) is 5.32 Å². The molecule has 1 atom stereocenters. The van der Waals surface area contributed by atoms with Crippen LogP contribution >= 0.6 is 0 Å². The fourth-order valence-corrected chi connectivity index (χ4v) is 3.84. The van der Waals surface area contributed by atoms with Crippen molar-refractivity contribution in [2.45, 2.75) is 52.5 Å². The summed E-state index contributed by atoms with van der Waals surface area (Å²) in [4.78, 5) is 14.2. The van der Waals surface area contributed by atoms with Crippen molar-refractivity contribution in [3.8, 4) is 6.07 Å². The maximum Gasteiger partial charge on any atom is 0.261 e. The fourth-order valence-electron chi connectivity index (χ4n) is 3.84. The second-order valence-electron chi connectivity index (χ2n) is 7.18. The maximum absolute atomic E-state index is 11.8. The summed E-state index contributed by atoms with van der Waals surface area (Å²) in [5, 5.41) is 11.7. The number of fused-ring (bicyclic) bond motifs is 1. The zero-order chi connectivity index (χ0) is 18.1. The molecular weight excluding hydrogens is 298 g/mol. The van der Waals surface area contributed by atoms with E-state index in [0.717, 1.165) is 24.1 Å². The number of nitrogens with zero attached hydrogens (tertiary/aromatic N) is 2. The number of amides is 1. The standard InChI is InChI=1S/C20H27N3O/c1-7-23-18-8-13(2)15(9-16(12-21)19(24)22-6)10-17(18)14(3)11-20(23,4)5/h8-10,14H,7,11H2,1-6H3,(H,22,24)/b16-9-/t14-/m1/s1. The third kappa shape index (κ3) is 3.17. The van der Waals surface area contributed by atoms with Gasteiger partial charge in [0.15, 0.2) is 0 Å². The van der Waals surface area contributed by atoms with E-state index in [-0.39, 0.29) is 17.0 Å². The van der Waals surface area contributed by atoms with Crippen molar-refractivity contribution in [2.75, 3.05) is 18.5 Å². The first kappa shape index (κ1) is 18.1. The van der Waals surface area contributed by atoms with Crippen molar-refractivity contribution in [3.05, 3.63) is 34.4 Å². The van der Waals surface area contributed by atoms with E-state index >= 15 is 0 Å². The van der Waals surface area contributed by atoms with Crippen molar-refractivity contribution in [3.63, 3.8) is 0 Å². The molecule has 0 aliphatic carbocycles. The Hall–Kier alpha value is -2.28. The summed E-state index contributed by atoms with van der Waals surface area (Å²) in [6, 6.07) is 6.33. The first-order valence-corrected chi connectivity index (χ1v) is 8.51. The molecule has 0 saturated carbocycles. The molecule has 1 heterocycles. The van der Waals surface area contributed by atoms with Gasteiger partial charge in [0.1, 0.15) is 11.6 Å². The van der Waals surface area contributed by atoms with Gasteiger partial charge in [0.25, 0.3) is 5.91 Å². The van der Waals surface area contributed by atoms with Gasteiger partial charge in [-0.05, 0) is 74.9 Å². The van der Waals surface area contributed by atoms with Crippen LogP contribution in [0.2, 0.25) is 0 Å². The molecule has 1 aromatic rings. The third-order valence-electron chi connectivity index (χ3n) is 4.98. The summed E-state index contributed by atoms with van der Waals surface area (Å²) in [5.41, 5.74) is 4.85. The Morgan fingerprint density at radius 1 is 1.50 bits per heavy atom. The minimum Gasteiger partial charge on any atom is -0.366 e. The Bertz CT molecular complexity index is 725. The van der Waals surface area contributed by atoms with Crippen molar-refractivity contribution < 1.29 is 4.79 Å². The summed E-state index contributed by atoms with van der Waals surface area (Å²) in [5.74, 6) is 0.0927. The van der Waals surface area contributed by atoms with Crippen LogP contribution in [0, 0.1) is 18.3 Å². The summed E-state index contributed by atoms with van der Waals surface area (Å²) < 4.78 is 0. The highest BCUT2D eigenvalue weighted by Crippen LogP contribution is 2.44. The first-order valence-electron chi connectivity index (χ1n) is 8.51. The van der Waals surface area contributed by atoms with E-state index in [1.54, 1.807) is 6.08 Å². The van der Waals surface area contributed by atoms with Crippen LogP contribution in [0.1, 0.15) is 56.7 Å². The molecule has 1 aliphatic rings. The van der Waals surface area contributed by atoms with Gasteiger partial charge in [-0.25, -0.2) is 0 Å². The predicted molar refractivity (Wildman–Crippen MR) is 99.0 cm³/mol. The molecule has 0 aromatic heterocycles. The van der Waals surface area contributed by atoms with Crippen LogP contribution < -0.4 is 10.2 Å². The van der Waals surface area contributed by atoms with Gasteiger partial charge in [-0.15, -0.1) is 0 Å². The molecule has 24 heavy (non-hydrogen) atoms. The molecule has 0 spiro atoms. The Labute approximate surface area is 145 Å². The summed E-state index contributed by atoms with van der Waals surface area (Å²) in [6.07, 6.45) is 2.78. The van der Waals surface area contributed by atoms with Crippen LogP contribution in [0.4, 0.5) is 5.69 Å². The molecule has 128 valence electrons. The van der Waals surface area contributed by atoms with E-state index in [9.17, 15) is 10.1 Å². The van der Waals surface area contributed by atoms with Gasteiger partial charge < -0.3 is 10.2 Å².